The van der Waals surface area contributed by atoms with Crippen LogP contribution in [-0.2, 0) is 14.0 Å². The second-order valence-electron chi connectivity index (χ2n) is 10.2. The summed E-state index contributed by atoms with van der Waals surface area (Å²) in [6.45, 7) is 13.5. The van der Waals surface area contributed by atoms with Crippen molar-refractivity contribution in [3.63, 3.8) is 0 Å². The summed E-state index contributed by atoms with van der Waals surface area (Å²) in [7, 11) is -1.95. The quantitative estimate of drug-likeness (QED) is 0.645. The Morgan fingerprint density at radius 2 is 1.80 bits per heavy atom. The summed E-state index contributed by atoms with van der Waals surface area (Å²) in [6.07, 6.45) is 7.01. The lowest BCUT2D eigenvalue weighted by Gasteiger charge is -2.54. The smallest absolute Gasteiger partial charge is 0.192 e. The molecule has 0 heterocycles. The van der Waals surface area contributed by atoms with Gasteiger partial charge in [0.1, 0.15) is 5.78 Å². The van der Waals surface area contributed by atoms with Crippen LogP contribution in [-0.4, -0.2) is 26.0 Å². The van der Waals surface area contributed by atoms with E-state index in [0.717, 1.165) is 25.7 Å². The summed E-state index contributed by atoms with van der Waals surface area (Å²) in [4.78, 5) is 24.9. The Bertz CT molecular complexity index is 613. The van der Waals surface area contributed by atoms with Crippen LogP contribution in [0.25, 0.3) is 0 Å². The van der Waals surface area contributed by atoms with E-state index in [-0.39, 0.29) is 28.3 Å². The molecule has 0 amide bonds. The summed E-state index contributed by atoms with van der Waals surface area (Å²) >= 11 is 0. The van der Waals surface area contributed by atoms with Gasteiger partial charge in [-0.3, -0.25) is 9.59 Å². The maximum atomic E-state index is 12.6. The molecule has 1 spiro atoms. The normalized spacial score (nSPS) is 36.6. The predicted molar refractivity (Wildman–Crippen MR) is 103 cm³/mol. The van der Waals surface area contributed by atoms with Crippen molar-refractivity contribution in [2.45, 2.75) is 90.5 Å². The molecule has 0 N–H and O–H groups in total. The van der Waals surface area contributed by atoms with Crippen LogP contribution < -0.4 is 0 Å². The van der Waals surface area contributed by atoms with Crippen molar-refractivity contribution in [2.75, 3.05) is 0 Å². The number of carbonyl (C=O) groups excluding carboxylic acids is 2. The molecule has 4 heteroatoms. The Labute approximate surface area is 153 Å². The number of allylic oxidation sites excluding steroid dienone is 1. The van der Waals surface area contributed by atoms with Gasteiger partial charge in [0.05, 0.1) is 6.10 Å². The van der Waals surface area contributed by atoms with Crippen molar-refractivity contribution < 1.29 is 14.0 Å². The highest BCUT2D eigenvalue weighted by Gasteiger charge is 2.56. The van der Waals surface area contributed by atoms with E-state index in [0.29, 0.717) is 24.5 Å². The van der Waals surface area contributed by atoms with Gasteiger partial charge in [-0.25, -0.2) is 0 Å². The summed E-state index contributed by atoms with van der Waals surface area (Å²) in [5.41, 5.74) is 0.991. The third-order valence-electron chi connectivity index (χ3n) is 7.40. The van der Waals surface area contributed by atoms with Crippen molar-refractivity contribution in [1.29, 1.82) is 0 Å². The van der Waals surface area contributed by atoms with E-state index in [1.54, 1.807) is 0 Å². The lowest BCUT2D eigenvalue weighted by atomic mass is 9.57. The molecule has 0 radical (unpaired) electrons. The van der Waals surface area contributed by atoms with Crippen LogP contribution in [0.3, 0.4) is 0 Å². The Hall–Kier alpha value is -0.743. The molecule has 25 heavy (non-hydrogen) atoms. The molecule has 0 unspecified atom stereocenters. The molecule has 0 aromatic heterocycles. The maximum Gasteiger partial charge on any atom is 0.192 e. The van der Waals surface area contributed by atoms with Crippen LogP contribution in [0.2, 0.25) is 18.1 Å². The zero-order valence-electron chi connectivity index (χ0n) is 16.8. The highest BCUT2D eigenvalue weighted by Crippen LogP contribution is 2.57. The van der Waals surface area contributed by atoms with Crippen LogP contribution in [0, 0.1) is 17.3 Å². The monoisotopic (exact) mass is 362 g/mol. The molecule has 4 atom stereocenters. The highest BCUT2D eigenvalue weighted by molar-refractivity contribution is 6.74. The van der Waals surface area contributed by atoms with E-state index < -0.39 is 8.32 Å². The first-order valence-corrected chi connectivity index (χ1v) is 12.8. The number of rotatable bonds is 2. The molecule has 2 bridgehead atoms. The first-order chi connectivity index (χ1) is 11.5. The van der Waals surface area contributed by atoms with Crippen LogP contribution in [0.1, 0.15) is 66.2 Å². The molecule has 0 saturated heterocycles. The third-order valence-corrected chi connectivity index (χ3v) is 11.9. The molecule has 140 valence electrons. The molecular formula is C21H34O3Si. The predicted octanol–water partition coefficient (Wildman–Crippen LogP) is 5.06. The Balaban J connectivity index is 2.07. The second-order valence-corrected chi connectivity index (χ2v) is 14.9. The van der Waals surface area contributed by atoms with Crippen molar-refractivity contribution in [3.8, 4) is 0 Å². The fraction of sp³-hybridized carbons (Fsp3) is 0.810. The number of fused-ring (bicyclic) bond motifs is 1. The Morgan fingerprint density at radius 1 is 1.16 bits per heavy atom. The van der Waals surface area contributed by atoms with E-state index in [1.165, 1.54) is 5.57 Å². The second kappa shape index (κ2) is 6.16. The highest BCUT2D eigenvalue weighted by atomic mass is 28.4. The van der Waals surface area contributed by atoms with Gasteiger partial charge in [0.2, 0.25) is 0 Å². The molecule has 2 saturated carbocycles. The fourth-order valence-corrected chi connectivity index (χ4v) is 6.28. The van der Waals surface area contributed by atoms with Gasteiger partial charge in [-0.15, -0.1) is 0 Å². The Morgan fingerprint density at radius 3 is 2.44 bits per heavy atom. The maximum absolute atomic E-state index is 12.6. The molecule has 3 rings (SSSR count). The van der Waals surface area contributed by atoms with Gasteiger partial charge in [-0.1, -0.05) is 33.3 Å². The van der Waals surface area contributed by atoms with Gasteiger partial charge in [-0.05, 0) is 55.8 Å². The lowest BCUT2D eigenvalue weighted by molar-refractivity contribution is -0.126. The number of hydrogen-bond acceptors (Lipinski definition) is 3. The largest absolute Gasteiger partial charge is 0.413 e. The minimum atomic E-state index is -1.95. The van der Waals surface area contributed by atoms with Crippen molar-refractivity contribution >= 4 is 19.9 Å². The molecule has 3 nitrogen and oxygen atoms in total. The summed E-state index contributed by atoms with van der Waals surface area (Å²) in [5, 5.41) is 0.147. The lowest BCUT2D eigenvalue weighted by Crippen LogP contribution is -2.55. The number of Topliss-reactive ketones (excluding diaryl/α,β-unsaturated/α-hetero) is 1. The molecule has 0 aromatic rings. The van der Waals surface area contributed by atoms with E-state index in [4.69, 9.17) is 4.43 Å². The van der Waals surface area contributed by atoms with E-state index in [9.17, 15) is 9.59 Å². The Kier molecular flexibility index (Phi) is 4.69. The number of ketones is 2. The summed E-state index contributed by atoms with van der Waals surface area (Å²) in [6, 6.07) is 0. The van der Waals surface area contributed by atoms with E-state index in [2.05, 4.69) is 33.9 Å². The van der Waals surface area contributed by atoms with Crippen molar-refractivity contribution in [2.24, 2.45) is 17.3 Å². The molecule has 3 aliphatic rings. The van der Waals surface area contributed by atoms with Gasteiger partial charge in [0.25, 0.3) is 0 Å². The minimum absolute atomic E-state index is 0.00100. The van der Waals surface area contributed by atoms with Crippen LogP contribution in [0.5, 0.6) is 0 Å². The summed E-state index contributed by atoms with van der Waals surface area (Å²) in [5.74, 6) is 1.06. The topological polar surface area (TPSA) is 43.4 Å². The van der Waals surface area contributed by atoms with Crippen LogP contribution >= 0.6 is 0 Å². The molecular weight excluding hydrogens is 328 g/mol. The zero-order valence-corrected chi connectivity index (χ0v) is 17.8. The van der Waals surface area contributed by atoms with Gasteiger partial charge in [0, 0.05) is 24.2 Å². The van der Waals surface area contributed by atoms with Gasteiger partial charge < -0.3 is 4.43 Å². The molecule has 2 fully saturated rings. The molecule has 0 aliphatic heterocycles. The first-order valence-electron chi connectivity index (χ1n) is 9.91. The van der Waals surface area contributed by atoms with E-state index >= 15 is 0 Å². The SMILES string of the molecule is C[C@@H]1C[C@@]23CC(=O)CC[C@@H](CCC2=CC1=O)[C@@H]3O[Si](C)(C)C(C)(C)C. The van der Waals surface area contributed by atoms with Crippen LogP contribution in [0.15, 0.2) is 11.6 Å². The fourth-order valence-electron chi connectivity index (χ4n) is 4.87. The van der Waals surface area contributed by atoms with Crippen LogP contribution in [0.4, 0.5) is 0 Å². The average molecular weight is 363 g/mol. The number of hydrogen-bond donors (Lipinski definition) is 0. The summed E-state index contributed by atoms with van der Waals surface area (Å²) < 4.78 is 7.02. The first kappa shape index (κ1) is 19.0. The van der Waals surface area contributed by atoms with Gasteiger partial charge >= 0.3 is 0 Å². The van der Waals surface area contributed by atoms with Gasteiger partial charge in [0.15, 0.2) is 14.1 Å². The third kappa shape index (κ3) is 3.21. The molecule has 3 aliphatic carbocycles. The zero-order chi connectivity index (χ0) is 18.6. The number of carbonyl (C=O) groups is 2. The molecule has 0 aromatic carbocycles. The standard InChI is InChI=1S/C21H34O3Si/c1-14-12-21-13-17(22)10-8-15(7-9-16(21)11-18(14)23)19(21)24-25(5,6)20(2,3)4/h11,14-15,19H,7-10,12-13H2,1-6H3/t14-,15-,19+,21-/m1/s1. The van der Waals surface area contributed by atoms with Crippen molar-refractivity contribution in [1.82, 2.24) is 0 Å². The van der Waals surface area contributed by atoms with Crippen molar-refractivity contribution in [3.05, 3.63) is 11.6 Å². The average Bonchev–Trinajstić information content (AvgIpc) is 2.54. The minimum Gasteiger partial charge on any atom is -0.413 e. The van der Waals surface area contributed by atoms with E-state index in [1.807, 2.05) is 13.0 Å². The van der Waals surface area contributed by atoms with Gasteiger partial charge in [-0.2, -0.15) is 0 Å².